The van der Waals surface area contributed by atoms with E-state index in [9.17, 15) is 0 Å². The number of rotatable bonds is 8. The molecule has 0 saturated carbocycles. The molecule has 1 heterocycles. The van der Waals surface area contributed by atoms with Crippen LogP contribution in [0.5, 0.6) is 0 Å². The monoisotopic (exact) mass is 400 g/mol. The van der Waals surface area contributed by atoms with Gasteiger partial charge in [0.15, 0.2) is 0 Å². The predicted octanol–water partition coefficient (Wildman–Crippen LogP) is 8.70. The third-order valence-electron chi connectivity index (χ3n) is 5.25. The van der Waals surface area contributed by atoms with Crippen molar-refractivity contribution in [2.45, 2.75) is 78.1 Å². The first kappa shape index (κ1) is 21.5. The SMILES string of the molecule is CCCCCCC#Cc1ccc2c(c1)sc1cc(C#CCCCCCC)ccc12. The molecule has 0 saturated heterocycles. The first-order valence-electron chi connectivity index (χ1n) is 11.3. The molecule has 0 fully saturated rings. The second kappa shape index (κ2) is 11.7. The van der Waals surface area contributed by atoms with Crippen molar-refractivity contribution >= 4 is 31.5 Å². The summed E-state index contributed by atoms with van der Waals surface area (Å²) in [5, 5.41) is 2.66. The van der Waals surface area contributed by atoms with Crippen LogP contribution < -0.4 is 0 Å². The number of benzene rings is 2. The van der Waals surface area contributed by atoms with E-state index in [1.807, 2.05) is 11.3 Å². The summed E-state index contributed by atoms with van der Waals surface area (Å²) in [4.78, 5) is 0. The molecule has 0 aliphatic heterocycles. The third kappa shape index (κ3) is 6.39. The van der Waals surface area contributed by atoms with Gasteiger partial charge in [-0.2, -0.15) is 0 Å². The lowest BCUT2D eigenvalue weighted by Crippen LogP contribution is -1.77. The molecule has 29 heavy (non-hydrogen) atoms. The number of hydrogen-bond acceptors (Lipinski definition) is 1. The Kier molecular flexibility index (Phi) is 8.67. The lowest BCUT2D eigenvalue weighted by molar-refractivity contribution is 0.679. The summed E-state index contributed by atoms with van der Waals surface area (Å²) in [6.07, 6.45) is 12.2. The first-order chi connectivity index (χ1) is 14.3. The van der Waals surface area contributed by atoms with Crippen LogP contribution in [-0.2, 0) is 0 Å². The summed E-state index contributed by atoms with van der Waals surface area (Å²) < 4.78 is 2.64. The molecular weight excluding hydrogens is 368 g/mol. The van der Waals surface area contributed by atoms with Crippen LogP contribution in [0.1, 0.15) is 89.2 Å². The molecule has 1 aromatic heterocycles. The Morgan fingerprint density at radius 1 is 0.621 bits per heavy atom. The number of thiophene rings is 1. The van der Waals surface area contributed by atoms with Gasteiger partial charge in [-0.3, -0.25) is 0 Å². The van der Waals surface area contributed by atoms with Crippen LogP contribution in [0.3, 0.4) is 0 Å². The molecule has 0 atom stereocenters. The van der Waals surface area contributed by atoms with Crippen LogP contribution in [0, 0.1) is 23.7 Å². The topological polar surface area (TPSA) is 0 Å². The highest BCUT2D eigenvalue weighted by Gasteiger charge is 2.05. The number of fused-ring (bicyclic) bond motifs is 3. The van der Waals surface area contributed by atoms with Crippen LogP contribution in [-0.4, -0.2) is 0 Å². The summed E-state index contributed by atoms with van der Waals surface area (Å²) >= 11 is 1.86. The van der Waals surface area contributed by atoms with E-state index in [0.29, 0.717) is 0 Å². The summed E-state index contributed by atoms with van der Waals surface area (Å²) in [5.41, 5.74) is 2.26. The van der Waals surface area contributed by atoms with Gasteiger partial charge in [-0.15, -0.1) is 11.3 Å². The zero-order valence-electron chi connectivity index (χ0n) is 17.9. The van der Waals surface area contributed by atoms with Gasteiger partial charge in [-0.25, -0.2) is 0 Å². The molecule has 2 aromatic carbocycles. The van der Waals surface area contributed by atoms with Gasteiger partial charge < -0.3 is 0 Å². The maximum absolute atomic E-state index is 3.35. The van der Waals surface area contributed by atoms with E-state index in [1.165, 1.54) is 71.5 Å². The van der Waals surface area contributed by atoms with E-state index in [2.05, 4.69) is 73.9 Å². The highest BCUT2D eigenvalue weighted by molar-refractivity contribution is 7.25. The number of unbranched alkanes of at least 4 members (excludes halogenated alkanes) is 8. The lowest BCUT2D eigenvalue weighted by Gasteiger charge is -1.95. The molecule has 3 rings (SSSR count). The van der Waals surface area contributed by atoms with Crippen LogP contribution in [0.25, 0.3) is 20.2 Å². The van der Waals surface area contributed by atoms with E-state index in [0.717, 1.165) is 24.0 Å². The minimum atomic E-state index is 1.00. The summed E-state index contributed by atoms with van der Waals surface area (Å²) in [5.74, 6) is 13.4. The van der Waals surface area contributed by atoms with Gasteiger partial charge >= 0.3 is 0 Å². The van der Waals surface area contributed by atoms with Crippen molar-refractivity contribution in [3.63, 3.8) is 0 Å². The van der Waals surface area contributed by atoms with Gasteiger partial charge in [0.05, 0.1) is 0 Å². The highest BCUT2D eigenvalue weighted by Crippen LogP contribution is 2.34. The molecule has 0 unspecified atom stereocenters. The fourth-order valence-electron chi connectivity index (χ4n) is 3.54. The molecule has 0 aliphatic rings. The van der Waals surface area contributed by atoms with E-state index < -0.39 is 0 Å². The summed E-state index contributed by atoms with van der Waals surface area (Å²) in [7, 11) is 0. The zero-order valence-corrected chi connectivity index (χ0v) is 18.8. The molecule has 0 aliphatic carbocycles. The Morgan fingerprint density at radius 3 is 1.55 bits per heavy atom. The summed E-state index contributed by atoms with van der Waals surface area (Å²) in [6.45, 7) is 4.49. The second-order valence-corrected chi connectivity index (χ2v) is 8.83. The van der Waals surface area contributed by atoms with Crippen LogP contribution in [0.4, 0.5) is 0 Å². The van der Waals surface area contributed by atoms with Gasteiger partial charge in [-0.05, 0) is 37.1 Å². The van der Waals surface area contributed by atoms with Crippen molar-refractivity contribution in [2.75, 3.05) is 0 Å². The Labute approximate surface area is 180 Å². The fourth-order valence-corrected chi connectivity index (χ4v) is 4.73. The Morgan fingerprint density at radius 2 is 1.10 bits per heavy atom. The second-order valence-electron chi connectivity index (χ2n) is 7.75. The molecule has 0 N–H and O–H groups in total. The fraction of sp³-hybridized carbons (Fsp3) is 0.429. The van der Waals surface area contributed by atoms with Crippen molar-refractivity contribution < 1.29 is 0 Å². The molecule has 150 valence electrons. The zero-order chi connectivity index (χ0) is 20.3. The molecule has 3 aromatic rings. The van der Waals surface area contributed by atoms with E-state index in [4.69, 9.17) is 0 Å². The van der Waals surface area contributed by atoms with Gasteiger partial charge in [0.2, 0.25) is 0 Å². The highest BCUT2D eigenvalue weighted by atomic mass is 32.1. The molecule has 0 nitrogen and oxygen atoms in total. The molecule has 0 amide bonds. The van der Waals surface area contributed by atoms with Gasteiger partial charge in [0.25, 0.3) is 0 Å². The maximum atomic E-state index is 3.35. The Balaban J connectivity index is 1.69. The van der Waals surface area contributed by atoms with Crippen molar-refractivity contribution in [1.29, 1.82) is 0 Å². The molecule has 0 radical (unpaired) electrons. The Hall–Kier alpha value is -2.22. The van der Waals surface area contributed by atoms with Crippen molar-refractivity contribution in [2.24, 2.45) is 0 Å². The third-order valence-corrected chi connectivity index (χ3v) is 6.36. The van der Waals surface area contributed by atoms with Crippen molar-refractivity contribution in [3.8, 4) is 23.7 Å². The van der Waals surface area contributed by atoms with Crippen molar-refractivity contribution in [1.82, 2.24) is 0 Å². The largest absolute Gasteiger partial charge is 0.135 e. The van der Waals surface area contributed by atoms with Crippen LogP contribution in [0.15, 0.2) is 36.4 Å². The quantitative estimate of drug-likeness (QED) is 0.262. The molecule has 0 spiro atoms. The maximum Gasteiger partial charge on any atom is 0.0367 e. The number of hydrogen-bond donors (Lipinski definition) is 0. The lowest BCUT2D eigenvalue weighted by atomic mass is 10.1. The Bertz CT molecular complexity index is 962. The minimum Gasteiger partial charge on any atom is -0.135 e. The average molecular weight is 401 g/mol. The first-order valence-corrected chi connectivity index (χ1v) is 12.1. The predicted molar refractivity (Wildman–Crippen MR) is 131 cm³/mol. The van der Waals surface area contributed by atoms with E-state index in [-0.39, 0.29) is 0 Å². The van der Waals surface area contributed by atoms with Gasteiger partial charge in [-0.1, -0.05) is 88.2 Å². The standard InChI is InChI=1S/C28H32S/c1-3-5-7-9-11-13-15-23-17-19-25-26-20-18-24(16-14-12-10-8-6-4-2)22-28(26)29-27(25)21-23/h17-22H,3-12H2,1-2H3. The summed E-state index contributed by atoms with van der Waals surface area (Å²) in [6, 6.07) is 13.3. The van der Waals surface area contributed by atoms with E-state index >= 15 is 0 Å². The van der Waals surface area contributed by atoms with E-state index in [1.54, 1.807) is 0 Å². The van der Waals surface area contributed by atoms with Gasteiger partial charge in [0, 0.05) is 44.1 Å². The van der Waals surface area contributed by atoms with Crippen LogP contribution in [0.2, 0.25) is 0 Å². The normalized spacial score (nSPS) is 10.6. The minimum absolute atomic E-state index is 1.00. The molecule has 0 bridgehead atoms. The molecule has 1 heteroatoms. The smallest absolute Gasteiger partial charge is 0.0367 e. The molecular formula is C28H32S. The average Bonchev–Trinajstić information content (AvgIpc) is 3.10. The van der Waals surface area contributed by atoms with Crippen LogP contribution >= 0.6 is 11.3 Å². The van der Waals surface area contributed by atoms with Crippen molar-refractivity contribution in [3.05, 3.63) is 47.5 Å². The van der Waals surface area contributed by atoms with Gasteiger partial charge in [0.1, 0.15) is 0 Å².